The third-order valence-corrected chi connectivity index (χ3v) is 7.37. The Balaban J connectivity index is 1.94. The molecular weight excluding hydrogens is 659 g/mol. The van der Waals surface area contributed by atoms with E-state index in [1.54, 1.807) is 24.3 Å². The molecule has 0 aliphatic rings. The van der Waals surface area contributed by atoms with Crippen LogP contribution in [0.3, 0.4) is 0 Å². The number of carboxylic acid groups (broad SMARTS) is 1. The average Bonchev–Trinajstić information content (AvgIpc) is 3.04. The van der Waals surface area contributed by atoms with Crippen LogP contribution in [0.15, 0.2) is 72.8 Å². The molecule has 0 saturated heterocycles. The monoisotopic (exact) mass is 693 g/mol. The van der Waals surface area contributed by atoms with E-state index in [-0.39, 0.29) is 23.3 Å². The molecule has 15 heteroatoms. The quantitative estimate of drug-likeness (QED) is 0.159. The number of amides is 3. The van der Waals surface area contributed by atoms with Crippen LogP contribution in [-0.2, 0) is 20.8 Å². The number of alkyl halides is 3. The highest BCUT2D eigenvalue weighted by Crippen LogP contribution is 2.27. The van der Waals surface area contributed by atoms with Crippen molar-refractivity contribution in [3.05, 3.63) is 94.5 Å². The molecule has 0 radical (unpaired) electrons. The highest BCUT2D eigenvalue weighted by molar-refractivity contribution is 6.30. The fraction of sp³-hybridized carbons (Fsp3) is 0.333. The van der Waals surface area contributed by atoms with Gasteiger partial charge in [0.1, 0.15) is 23.6 Å². The van der Waals surface area contributed by atoms with Crippen molar-refractivity contribution in [3.63, 3.8) is 0 Å². The summed E-state index contributed by atoms with van der Waals surface area (Å²) in [6.07, 6.45) is -8.02. The number of methoxy groups -OCH3 is 1. The molecule has 0 aromatic heterocycles. The third-order valence-electron chi connectivity index (χ3n) is 7.13. The first-order valence-electron chi connectivity index (χ1n) is 14.6. The number of aliphatic hydroxyl groups is 1. The fourth-order valence-corrected chi connectivity index (χ4v) is 4.81. The van der Waals surface area contributed by atoms with E-state index in [0.717, 1.165) is 0 Å². The van der Waals surface area contributed by atoms with Crippen molar-refractivity contribution in [1.29, 1.82) is 0 Å². The number of carbonyl (C=O) groups excluding carboxylic acids is 3. The molecule has 258 valence electrons. The van der Waals surface area contributed by atoms with Gasteiger partial charge in [0.2, 0.25) is 11.8 Å². The SMILES string of the molecule is COc1ccc(C(NC(=O)[C@H](Cc2cccc(Cl)c2)NC(=O)c2ccc(OCC(=O)O)cc2)C(=O)N[C@@H](C(C)C)[C@H](O)C(F)(F)F)cc1. The number of rotatable bonds is 15. The van der Waals surface area contributed by atoms with E-state index in [9.17, 15) is 37.5 Å². The summed E-state index contributed by atoms with van der Waals surface area (Å²) in [5, 5.41) is 26.5. The van der Waals surface area contributed by atoms with Gasteiger partial charge in [0, 0.05) is 17.0 Å². The first-order chi connectivity index (χ1) is 22.6. The molecule has 0 aliphatic carbocycles. The molecule has 3 aromatic carbocycles. The maximum atomic E-state index is 13.9. The van der Waals surface area contributed by atoms with Crippen molar-refractivity contribution in [1.82, 2.24) is 16.0 Å². The number of aliphatic hydroxyl groups excluding tert-OH is 1. The van der Waals surface area contributed by atoms with Crippen molar-refractivity contribution in [2.75, 3.05) is 13.7 Å². The van der Waals surface area contributed by atoms with E-state index in [1.165, 1.54) is 69.5 Å². The average molecular weight is 694 g/mol. The van der Waals surface area contributed by atoms with Gasteiger partial charge >= 0.3 is 12.1 Å². The van der Waals surface area contributed by atoms with Gasteiger partial charge in [0.15, 0.2) is 12.7 Å². The molecule has 0 aliphatic heterocycles. The smallest absolute Gasteiger partial charge is 0.416 e. The molecule has 0 fully saturated rings. The standard InChI is InChI=1S/C33H35ClF3N3O8/c1-18(2)27(29(43)33(35,36)37)39-32(46)28(20-7-11-23(47-3)12-8-20)40-31(45)25(16-19-5-4-6-22(34)15-19)38-30(44)21-9-13-24(14-10-21)48-17-26(41)42/h4-15,18,25,27-29,43H,16-17H2,1-3H3,(H,38,44)(H,39,46)(H,40,45)(H,41,42)/t25-,27-,28?,29-/m0/s1. The van der Waals surface area contributed by atoms with Gasteiger partial charge in [0.25, 0.3) is 5.91 Å². The van der Waals surface area contributed by atoms with Crippen LogP contribution >= 0.6 is 11.6 Å². The number of ether oxygens (including phenoxy) is 2. The van der Waals surface area contributed by atoms with Gasteiger partial charge in [-0.25, -0.2) is 4.79 Å². The summed E-state index contributed by atoms with van der Waals surface area (Å²) < 4.78 is 50.6. The van der Waals surface area contributed by atoms with Crippen LogP contribution in [0.5, 0.6) is 11.5 Å². The molecule has 3 rings (SSSR count). The van der Waals surface area contributed by atoms with Crippen LogP contribution in [0.2, 0.25) is 5.02 Å². The topological polar surface area (TPSA) is 163 Å². The number of hydrogen-bond acceptors (Lipinski definition) is 7. The fourth-order valence-electron chi connectivity index (χ4n) is 4.60. The van der Waals surface area contributed by atoms with E-state index in [4.69, 9.17) is 26.2 Å². The molecule has 0 heterocycles. The Labute approximate surface area is 279 Å². The maximum Gasteiger partial charge on any atom is 0.416 e. The lowest BCUT2D eigenvalue weighted by Crippen LogP contribution is -2.56. The zero-order valence-electron chi connectivity index (χ0n) is 26.1. The van der Waals surface area contributed by atoms with Crippen LogP contribution in [0.4, 0.5) is 13.2 Å². The van der Waals surface area contributed by atoms with Crippen LogP contribution in [0.25, 0.3) is 0 Å². The third kappa shape index (κ3) is 10.9. The number of halogens is 4. The Bertz CT molecular complexity index is 1570. The minimum absolute atomic E-state index is 0.0898. The summed E-state index contributed by atoms with van der Waals surface area (Å²) in [7, 11) is 1.41. The van der Waals surface area contributed by atoms with Gasteiger partial charge in [-0.3, -0.25) is 14.4 Å². The Kier molecular flexibility index (Phi) is 13.2. The Morgan fingerprint density at radius 2 is 1.50 bits per heavy atom. The molecule has 1 unspecified atom stereocenters. The van der Waals surface area contributed by atoms with Crippen molar-refractivity contribution in [3.8, 4) is 11.5 Å². The zero-order chi connectivity index (χ0) is 35.6. The van der Waals surface area contributed by atoms with Crippen LogP contribution in [-0.4, -0.2) is 72.0 Å². The van der Waals surface area contributed by atoms with Crippen LogP contribution < -0.4 is 25.4 Å². The van der Waals surface area contributed by atoms with Crippen molar-refractivity contribution in [2.24, 2.45) is 5.92 Å². The Morgan fingerprint density at radius 1 is 0.875 bits per heavy atom. The van der Waals surface area contributed by atoms with Gasteiger partial charge in [0.05, 0.1) is 13.2 Å². The van der Waals surface area contributed by atoms with E-state index >= 15 is 0 Å². The van der Waals surface area contributed by atoms with Gasteiger partial charge in [-0.15, -0.1) is 0 Å². The lowest BCUT2D eigenvalue weighted by atomic mass is 9.96. The Hall–Kier alpha value is -4.82. The van der Waals surface area contributed by atoms with Gasteiger partial charge in [-0.05, 0) is 65.6 Å². The minimum Gasteiger partial charge on any atom is -0.497 e. The summed E-state index contributed by atoms with van der Waals surface area (Å²) in [6, 6.07) is 13.1. The second-order valence-corrected chi connectivity index (χ2v) is 11.5. The van der Waals surface area contributed by atoms with Crippen molar-refractivity contribution in [2.45, 2.75) is 50.7 Å². The van der Waals surface area contributed by atoms with Crippen LogP contribution in [0.1, 0.15) is 41.4 Å². The number of benzene rings is 3. The lowest BCUT2D eigenvalue weighted by molar-refractivity contribution is -0.215. The molecule has 4 atom stereocenters. The molecular formula is C33H35ClF3N3O8. The summed E-state index contributed by atoms with van der Waals surface area (Å²) in [5.41, 5.74) is 0.807. The van der Waals surface area contributed by atoms with E-state index in [0.29, 0.717) is 16.3 Å². The summed E-state index contributed by atoms with van der Waals surface area (Å²) >= 11 is 6.13. The number of hydrogen-bond donors (Lipinski definition) is 5. The maximum absolute atomic E-state index is 13.9. The van der Waals surface area contributed by atoms with Crippen LogP contribution in [0, 0.1) is 5.92 Å². The second-order valence-electron chi connectivity index (χ2n) is 11.0. The second kappa shape index (κ2) is 16.8. The molecule has 5 N–H and O–H groups in total. The molecule has 0 saturated carbocycles. The highest BCUT2D eigenvalue weighted by Gasteiger charge is 2.46. The van der Waals surface area contributed by atoms with Crippen molar-refractivity contribution >= 4 is 35.3 Å². The summed E-state index contributed by atoms with van der Waals surface area (Å²) in [6.45, 7) is 2.19. The molecule has 11 nitrogen and oxygen atoms in total. The molecule has 0 spiro atoms. The largest absolute Gasteiger partial charge is 0.497 e. The lowest BCUT2D eigenvalue weighted by Gasteiger charge is -2.31. The first kappa shape index (κ1) is 37.6. The van der Waals surface area contributed by atoms with Crippen molar-refractivity contribution < 1.29 is 52.0 Å². The minimum atomic E-state index is -5.03. The van der Waals surface area contributed by atoms with Gasteiger partial charge in [-0.1, -0.05) is 49.7 Å². The molecule has 48 heavy (non-hydrogen) atoms. The van der Waals surface area contributed by atoms with Gasteiger partial charge < -0.3 is 35.6 Å². The van der Waals surface area contributed by atoms with E-state index < -0.39 is 66.6 Å². The predicted molar refractivity (Wildman–Crippen MR) is 169 cm³/mol. The number of aliphatic carboxylic acids is 1. The number of nitrogens with one attached hydrogen (secondary N) is 3. The van der Waals surface area contributed by atoms with E-state index in [1.807, 2.05) is 0 Å². The highest BCUT2D eigenvalue weighted by atomic mass is 35.5. The normalized spacial score (nSPS) is 13.9. The Morgan fingerprint density at radius 3 is 2.04 bits per heavy atom. The number of carboxylic acids is 1. The summed E-state index contributed by atoms with van der Waals surface area (Å²) in [5.74, 6) is -4.06. The van der Waals surface area contributed by atoms with Gasteiger partial charge in [-0.2, -0.15) is 13.2 Å². The van der Waals surface area contributed by atoms with E-state index in [2.05, 4.69) is 16.0 Å². The number of carbonyl (C=O) groups is 4. The summed E-state index contributed by atoms with van der Waals surface area (Å²) in [4.78, 5) is 51.5. The predicted octanol–water partition coefficient (Wildman–Crippen LogP) is 4.07. The molecule has 0 bridgehead atoms. The first-order valence-corrected chi connectivity index (χ1v) is 15.0. The zero-order valence-corrected chi connectivity index (χ0v) is 26.8. The molecule has 3 aromatic rings. The molecule has 3 amide bonds.